The van der Waals surface area contributed by atoms with E-state index in [1.54, 1.807) is 48.3 Å². The van der Waals surface area contributed by atoms with Crippen molar-refractivity contribution in [3.63, 3.8) is 0 Å². The van der Waals surface area contributed by atoms with E-state index in [-0.39, 0.29) is 18.2 Å². The number of amides is 1. The normalized spacial score (nSPS) is 10.2. The molecule has 2 rings (SSSR count). The lowest BCUT2D eigenvalue weighted by Gasteiger charge is -2.07. The summed E-state index contributed by atoms with van der Waals surface area (Å²) in [5, 5.41) is 16.0. The van der Waals surface area contributed by atoms with E-state index in [0.29, 0.717) is 5.69 Å². The second kappa shape index (κ2) is 4.69. The molecule has 17 heavy (non-hydrogen) atoms. The largest absolute Gasteiger partial charge is 0.508 e. The van der Waals surface area contributed by atoms with Gasteiger partial charge in [0.25, 0.3) is 0 Å². The topological polar surface area (TPSA) is 67.2 Å². The lowest BCUT2D eigenvalue weighted by molar-refractivity contribution is -0.116. The van der Waals surface area contributed by atoms with E-state index >= 15 is 0 Å². The average Bonchev–Trinajstić information content (AvgIpc) is 2.76. The molecule has 0 spiro atoms. The maximum atomic E-state index is 11.6. The maximum Gasteiger partial charge on any atom is 0.246 e. The second-order valence-corrected chi connectivity index (χ2v) is 3.75. The number of benzene rings is 1. The molecule has 0 aliphatic heterocycles. The van der Waals surface area contributed by atoms with Crippen LogP contribution in [0.3, 0.4) is 0 Å². The van der Waals surface area contributed by atoms with Crippen LogP contribution in [-0.2, 0) is 11.3 Å². The molecule has 0 unspecified atom stereocenters. The quantitative estimate of drug-likeness (QED) is 0.787. The molecule has 1 heterocycles. The molecule has 0 atom stereocenters. The molecule has 0 saturated heterocycles. The summed E-state index contributed by atoms with van der Waals surface area (Å²) in [6.07, 6.45) is 3.35. The van der Waals surface area contributed by atoms with Crippen molar-refractivity contribution in [2.75, 3.05) is 5.32 Å². The number of aryl methyl sites for hydroxylation is 1. The van der Waals surface area contributed by atoms with Crippen molar-refractivity contribution in [3.8, 4) is 5.75 Å². The Morgan fingerprint density at radius 2 is 2.35 bits per heavy atom. The molecule has 0 fully saturated rings. The Hall–Kier alpha value is -2.30. The second-order valence-electron chi connectivity index (χ2n) is 3.75. The Morgan fingerprint density at radius 1 is 1.53 bits per heavy atom. The number of carbonyl (C=O) groups excluding carboxylic acids is 1. The third kappa shape index (κ3) is 2.84. The van der Waals surface area contributed by atoms with Crippen molar-refractivity contribution in [3.05, 3.63) is 42.2 Å². The third-order valence-electron chi connectivity index (χ3n) is 2.35. The molecule has 0 aliphatic carbocycles. The van der Waals surface area contributed by atoms with Crippen molar-refractivity contribution in [1.29, 1.82) is 0 Å². The SMILES string of the molecule is Cc1cc(NC(=O)Cn2cccn2)ccc1O. The van der Waals surface area contributed by atoms with Crippen molar-refractivity contribution in [2.24, 2.45) is 0 Å². The number of nitrogens with zero attached hydrogens (tertiary/aromatic N) is 2. The van der Waals surface area contributed by atoms with Gasteiger partial charge in [0.05, 0.1) is 0 Å². The molecule has 0 radical (unpaired) electrons. The summed E-state index contributed by atoms with van der Waals surface area (Å²) in [6, 6.07) is 6.69. The molecule has 1 aromatic heterocycles. The highest BCUT2D eigenvalue weighted by Crippen LogP contribution is 2.19. The molecule has 2 N–H and O–H groups in total. The van der Waals surface area contributed by atoms with E-state index < -0.39 is 0 Å². The van der Waals surface area contributed by atoms with Gasteiger partial charge in [-0.3, -0.25) is 9.48 Å². The fourth-order valence-corrected chi connectivity index (χ4v) is 1.47. The highest BCUT2D eigenvalue weighted by molar-refractivity contribution is 5.90. The Labute approximate surface area is 98.7 Å². The molecule has 5 heteroatoms. The van der Waals surface area contributed by atoms with Crippen LogP contribution in [0.1, 0.15) is 5.56 Å². The van der Waals surface area contributed by atoms with E-state index in [4.69, 9.17) is 0 Å². The van der Waals surface area contributed by atoms with E-state index in [9.17, 15) is 9.90 Å². The monoisotopic (exact) mass is 231 g/mol. The number of phenols is 1. The summed E-state index contributed by atoms with van der Waals surface area (Å²) in [7, 11) is 0. The minimum absolute atomic E-state index is 0.154. The molecule has 1 amide bonds. The average molecular weight is 231 g/mol. The summed E-state index contributed by atoms with van der Waals surface area (Å²) in [4.78, 5) is 11.6. The van der Waals surface area contributed by atoms with Crippen LogP contribution in [0.2, 0.25) is 0 Å². The molecular formula is C12H13N3O2. The Kier molecular flexibility index (Phi) is 3.09. The van der Waals surface area contributed by atoms with Crippen molar-refractivity contribution in [2.45, 2.75) is 13.5 Å². The summed E-state index contributed by atoms with van der Waals surface area (Å²) in [6.45, 7) is 1.95. The summed E-state index contributed by atoms with van der Waals surface area (Å²) in [5.74, 6) is 0.0638. The highest BCUT2D eigenvalue weighted by atomic mass is 16.3. The van der Waals surface area contributed by atoms with Crippen molar-refractivity contribution in [1.82, 2.24) is 9.78 Å². The van der Waals surface area contributed by atoms with Crippen molar-refractivity contribution >= 4 is 11.6 Å². The number of anilines is 1. The van der Waals surface area contributed by atoms with Gasteiger partial charge in [0.2, 0.25) is 5.91 Å². The number of phenolic OH excluding ortho intramolecular Hbond substituents is 1. The maximum absolute atomic E-state index is 11.6. The lowest BCUT2D eigenvalue weighted by atomic mass is 10.2. The first kappa shape index (κ1) is 11.2. The summed E-state index contributed by atoms with van der Waals surface area (Å²) in [5.41, 5.74) is 1.39. The summed E-state index contributed by atoms with van der Waals surface area (Å²) >= 11 is 0. The van der Waals surface area contributed by atoms with Gasteiger partial charge in [-0.25, -0.2) is 0 Å². The predicted octanol–water partition coefficient (Wildman–Crippen LogP) is 1.54. The standard InChI is InChI=1S/C12H13N3O2/c1-9-7-10(3-4-11(9)16)14-12(17)8-15-6-2-5-13-15/h2-7,16H,8H2,1H3,(H,14,17). The van der Waals surface area contributed by atoms with Crippen LogP contribution in [0.5, 0.6) is 5.75 Å². The first-order valence-corrected chi connectivity index (χ1v) is 5.22. The molecule has 0 bridgehead atoms. The lowest BCUT2D eigenvalue weighted by Crippen LogP contribution is -2.18. The number of carbonyl (C=O) groups is 1. The van der Waals surface area contributed by atoms with Gasteiger partial charge in [-0.05, 0) is 36.8 Å². The third-order valence-corrected chi connectivity index (χ3v) is 2.35. The van der Waals surface area contributed by atoms with Crippen LogP contribution >= 0.6 is 0 Å². The smallest absolute Gasteiger partial charge is 0.246 e. The summed E-state index contributed by atoms with van der Waals surface area (Å²) < 4.78 is 1.54. The Balaban J connectivity index is 2.00. The zero-order valence-electron chi connectivity index (χ0n) is 9.42. The van der Waals surface area contributed by atoms with Gasteiger partial charge in [0.1, 0.15) is 12.3 Å². The van der Waals surface area contributed by atoms with Gasteiger partial charge < -0.3 is 10.4 Å². The van der Waals surface area contributed by atoms with Crippen molar-refractivity contribution < 1.29 is 9.90 Å². The number of nitrogens with one attached hydrogen (secondary N) is 1. The van der Waals surface area contributed by atoms with Crippen LogP contribution in [0.25, 0.3) is 0 Å². The molecular weight excluding hydrogens is 218 g/mol. The number of aromatic nitrogens is 2. The van der Waals surface area contributed by atoms with Crippen LogP contribution in [0.15, 0.2) is 36.7 Å². The number of hydrogen-bond acceptors (Lipinski definition) is 3. The Bertz CT molecular complexity index is 521. The van der Waals surface area contributed by atoms with E-state index in [2.05, 4.69) is 10.4 Å². The van der Waals surface area contributed by atoms with Gasteiger partial charge in [-0.1, -0.05) is 0 Å². The number of hydrogen-bond donors (Lipinski definition) is 2. The van der Waals surface area contributed by atoms with E-state index in [1.807, 2.05) is 0 Å². The molecule has 88 valence electrons. The van der Waals surface area contributed by atoms with Crippen LogP contribution in [0.4, 0.5) is 5.69 Å². The van der Waals surface area contributed by atoms with Crippen LogP contribution in [0, 0.1) is 6.92 Å². The van der Waals surface area contributed by atoms with Gasteiger partial charge in [-0.2, -0.15) is 5.10 Å². The fourth-order valence-electron chi connectivity index (χ4n) is 1.47. The number of aromatic hydroxyl groups is 1. The molecule has 5 nitrogen and oxygen atoms in total. The number of rotatable bonds is 3. The minimum atomic E-state index is -0.154. The molecule has 1 aromatic carbocycles. The van der Waals surface area contributed by atoms with E-state index in [1.165, 1.54) is 0 Å². The van der Waals surface area contributed by atoms with E-state index in [0.717, 1.165) is 5.56 Å². The van der Waals surface area contributed by atoms with Gasteiger partial charge in [0, 0.05) is 18.1 Å². The zero-order valence-corrected chi connectivity index (χ0v) is 9.42. The first-order chi connectivity index (χ1) is 8.15. The van der Waals surface area contributed by atoms with Crippen LogP contribution in [-0.4, -0.2) is 20.8 Å². The Morgan fingerprint density at radius 3 is 3.00 bits per heavy atom. The first-order valence-electron chi connectivity index (χ1n) is 5.22. The highest BCUT2D eigenvalue weighted by Gasteiger charge is 2.04. The predicted molar refractivity (Wildman–Crippen MR) is 63.7 cm³/mol. The minimum Gasteiger partial charge on any atom is -0.508 e. The molecule has 0 aliphatic rings. The zero-order chi connectivity index (χ0) is 12.3. The van der Waals surface area contributed by atoms with Gasteiger partial charge in [-0.15, -0.1) is 0 Å². The molecule has 2 aromatic rings. The van der Waals surface area contributed by atoms with Gasteiger partial charge in [0.15, 0.2) is 0 Å². The van der Waals surface area contributed by atoms with Crippen LogP contribution < -0.4 is 5.32 Å². The molecule has 0 saturated carbocycles. The van der Waals surface area contributed by atoms with Gasteiger partial charge >= 0.3 is 0 Å². The fraction of sp³-hybridized carbons (Fsp3) is 0.167.